The van der Waals surface area contributed by atoms with E-state index in [1.807, 2.05) is 4.52 Å². The van der Waals surface area contributed by atoms with Crippen LogP contribution in [0.2, 0.25) is 0 Å². The molecule has 0 radical (unpaired) electrons. The van der Waals surface area contributed by atoms with Gasteiger partial charge in [-0.2, -0.15) is 9.61 Å². The Morgan fingerprint density at radius 3 is 3.10 bits per heavy atom. The molecular formula is C13H21N5OS. The minimum absolute atomic E-state index is 0.350. The first-order valence-corrected chi connectivity index (χ1v) is 8.08. The molecule has 110 valence electrons. The van der Waals surface area contributed by atoms with Gasteiger partial charge in [-0.05, 0) is 19.4 Å². The molecule has 1 unspecified atom stereocenters. The number of rotatable bonds is 6. The Morgan fingerprint density at radius 2 is 2.35 bits per heavy atom. The average Bonchev–Trinajstić information content (AvgIpc) is 3.09. The van der Waals surface area contributed by atoms with Crippen molar-refractivity contribution >= 4 is 16.3 Å². The van der Waals surface area contributed by atoms with E-state index in [0.29, 0.717) is 12.0 Å². The SMILES string of the molecule is CC(C)NCCCc1nn2c(C3CCOC3)nnc2s1. The summed E-state index contributed by atoms with van der Waals surface area (Å²) in [7, 11) is 0. The van der Waals surface area contributed by atoms with Crippen molar-refractivity contribution in [3.05, 3.63) is 10.8 Å². The summed E-state index contributed by atoms with van der Waals surface area (Å²) in [5.41, 5.74) is 0. The molecule has 2 aromatic rings. The second kappa shape index (κ2) is 6.15. The molecule has 3 heterocycles. The van der Waals surface area contributed by atoms with Gasteiger partial charge < -0.3 is 10.1 Å². The van der Waals surface area contributed by atoms with E-state index >= 15 is 0 Å². The fraction of sp³-hybridized carbons (Fsp3) is 0.769. The normalized spacial score (nSPS) is 19.4. The van der Waals surface area contributed by atoms with Gasteiger partial charge in [0, 0.05) is 25.0 Å². The molecule has 0 amide bonds. The molecule has 1 fully saturated rings. The molecule has 1 N–H and O–H groups in total. The van der Waals surface area contributed by atoms with E-state index in [2.05, 4.69) is 34.5 Å². The van der Waals surface area contributed by atoms with Crippen molar-refractivity contribution in [2.75, 3.05) is 19.8 Å². The third kappa shape index (κ3) is 2.99. The molecular weight excluding hydrogens is 274 g/mol. The average molecular weight is 295 g/mol. The summed E-state index contributed by atoms with van der Waals surface area (Å²) in [5.74, 6) is 1.31. The van der Waals surface area contributed by atoms with Crippen LogP contribution in [0.25, 0.3) is 4.96 Å². The number of fused-ring (bicyclic) bond motifs is 1. The molecule has 7 heteroatoms. The predicted octanol–water partition coefficient (Wildman–Crippen LogP) is 1.62. The standard InChI is InChI=1S/C13H21N5OS/c1-9(2)14-6-3-4-11-17-18-12(10-5-7-19-8-10)15-16-13(18)20-11/h9-10,14H,3-8H2,1-2H3. The molecule has 1 saturated heterocycles. The zero-order valence-corrected chi connectivity index (χ0v) is 12.8. The van der Waals surface area contributed by atoms with Crippen molar-refractivity contribution in [2.45, 2.75) is 45.1 Å². The number of aryl methyl sites for hydroxylation is 1. The summed E-state index contributed by atoms with van der Waals surface area (Å²) < 4.78 is 7.34. The summed E-state index contributed by atoms with van der Waals surface area (Å²) in [6.07, 6.45) is 3.12. The largest absolute Gasteiger partial charge is 0.381 e. The number of nitrogens with zero attached hydrogens (tertiary/aromatic N) is 4. The lowest BCUT2D eigenvalue weighted by Crippen LogP contribution is -2.23. The Kier molecular flexibility index (Phi) is 4.28. The first-order valence-electron chi connectivity index (χ1n) is 7.26. The highest BCUT2D eigenvalue weighted by atomic mass is 32.1. The maximum atomic E-state index is 5.42. The highest BCUT2D eigenvalue weighted by Gasteiger charge is 2.24. The molecule has 0 aromatic carbocycles. The second-order valence-corrected chi connectivity index (χ2v) is 6.56. The van der Waals surface area contributed by atoms with E-state index in [1.165, 1.54) is 0 Å². The van der Waals surface area contributed by atoms with Crippen LogP contribution in [0, 0.1) is 0 Å². The first-order chi connectivity index (χ1) is 9.74. The Morgan fingerprint density at radius 1 is 1.45 bits per heavy atom. The topological polar surface area (TPSA) is 64.3 Å². The quantitative estimate of drug-likeness (QED) is 0.820. The number of aromatic nitrogens is 4. The Balaban J connectivity index is 1.65. The predicted molar refractivity (Wildman–Crippen MR) is 78.3 cm³/mol. The molecule has 1 atom stereocenters. The number of nitrogens with one attached hydrogen (secondary N) is 1. The summed E-state index contributed by atoms with van der Waals surface area (Å²) in [6.45, 7) is 6.92. The fourth-order valence-electron chi connectivity index (χ4n) is 2.40. The van der Waals surface area contributed by atoms with Gasteiger partial charge in [0.05, 0.1) is 6.61 Å². The lowest BCUT2D eigenvalue weighted by atomic mass is 10.1. The van der Waals surface area contributed by atoms with Crippen LogP contribution in [0.5, 0.6) is 0 Å². The van der Waals surface area contributed by atoms with Gasteiger partial charge in [-0.1, -0.05) is 25.2 Å². The number of hydrogen-bond acceptors (Lipinski definition) is 6. The van der Waals surface area contributed by atoms with Crippen LogP contribution in [0.4, 0.5) is 0 Å². The summed E-state index contributed by atoms with van der Waals surface area (Å²) in [5, 5.41) is 17.7. The maximum Gasteiger partial charge on any atom is 0.234 e. The van der Waals surface area contributed by atoms with Gasteiger partial charge in [0.1, 0.15) is 5.01 Å². The molecule has 0 spiro atoms. The van der Waals surface area contributed by atoms with E-state index in [1.54, 1.807) is 11.3 Å². The van der Waals surface area contributed by atoms with Gasteiger partial charge in [0.2, 0.25) is 4.96 Å². The minimum atomic E-state index is 0.350. The summed E-state index contributed by atoms with van der Waals surface area (Å²) in [4.78, 5) is 0.902. The van der Waals surface area contributed by atoms with Crippen molar-refractivity contribution in [2.24, 2.45) is 0 Å². The number of hydrogen-bond donors (Lipinski definition) is 1. The molecule has 0 saturated carbocycles. The van der Waals surface area contributed by atoms with E-state index in [-0.39, 0.29) is 0 Å². The lowest BCUT2D eigenvalue weighted by Gasteiger charge is -2.06. The molecule has 0 aliphatic carbocycles. The van der Waals surface area contributed by atoms with Gasteiger partial charge in [0.25, 0.3) is 0 Å². The Labute approximate surface area is 122 Å². The van der Waals surface area contributed by atoms with Crippen LogP contribution in [-0.4, -0.2) is 45.6 Å². The van der Waals surface area contributed by atoms with Gasteiger partial charge in [-0.15, -0.1) is 10.2 Å². The molecule has 20 heavy (non-hydrogen) atoms. The minimum Gasteiger partial charge on any atom is -0.381 e. The smallest absolute Gasteiger partial charge is 0.234 e. The monoisotopic (exact) mass is 295 g/mol. The van der Waals surface area contributed by atoms with Gasteiger partial charge in [-0.3, -0.25) is 0 Å². The molecule has 3 rings (SSSR count). The molecule has 1 aliphatic rings. The van der Waals surface area contributed by atoms with Crippen molar-refractivity contribution in [1.29, 1.82) is 0 Å². The Bertz CT molecular complexity index is 558. The van der Waals surface area contributed by atoms with Crippen LogP contribution >= 0.6 is 11.3 Å². The van der Waals surface area contributed by atoms with Crippen molar-refractivity contribution in [3.63, 3.8) is 0 Å². The maximum absolute atomic E-state index is 5.42. The van der Waals surface area contributed by atoms with Crippen LogP contribution in [0.1, 0.15) is 43.4 Å². The van der Waals surface area contributed by atoms with E-state index in [0.717, 1.165) is 54.8 Å². The highest BCUT2D eigenvalue weighted by molar-refractivity contribution is 7.16. The van der Waals surface area contributed by atoms with Crippen LogP contribution in [0.15, 0.2) is 0 Å². The van der Waals surface area contributed by atoms with Crippen molar-refractivity contribution in [3.8, 4) is 0 Å². The third-order valence-corrected chi connectivity index (χ3v) is 4.43. The van der Waals surface area contributed by atoms with Crippen molar-refractivity contribution in [1.82, 2.24) is 25.1 Å². The molecule has 2 aromatic heterocycles. The second-order valence-electron chi connectivity index (χ2n) is 5.52. The van der Waals surface area contributed by atoms with Gasteiger partial charge in [0.15, 0.2) is 5.82 Å². The van der Waals surface area contributed by atoms with Crippen LogP contribution in [-0.2, 0) is 11.2 Å². The zero-order valence-electron chi connectivity index (χ0n) is 12.0. The molecule has 1 aliphatic heterocycles. The fourth-order valence-corrected chi connectivity index (χ4v) is 3.28. The lowest BCUT2D eigenvalue weighted by molar-refractivity contribution is 0.193. The van der Waals surface area contributed by atoms with E-state index in [9.17, 15) is 0 Å². The summed E-state index contributed by atoms with van der Waals surface area (Å²) in [6, 6.07) is 0.543. The van der Waals surface area contributed by atoms with E-state index < -0.39 is 0 Å². The van der Waals surface area contributed by atoms with E-state index in [4.69, 9.17) is 4.74 Å². The first kappa shape index (κ1) is 13.9. The van der Waals surface area contributed by atoms with Gasteiger partial charge in [-0.25, -0.2) is 0 Å². The van der Waals surface area contributed by atoms with Crippen LogP contribution < -0.4 is 5.32 Å². The number of ether oxygens (including phenoxy) is 1. The Hall–Kier alpha value is -1.05. The van der Waals surface area contributed by atoms with Crippen LogP contribution in [0.3, 0.4) is 0 Å². The highest BCUT2D eigenvalue weighted by Crippen LogP contribution is 2.25. The zero-order chi connectivity index (χ0) is 13.9. The molecule has 6 nitrogen and oxygen atoms in total. The molecule has 0 bridgehead atoms. The van der Waals surface area contributed by atoms with Gasteiger partial charge >= 0.3 is 0 Å². The van der Waals surface area contributed by atoms with Crippen molar-refractivity contribution < 1.29 is 4.74 Å². The summed E-state index contributed by atoms with van der Waals surface area (Å²) >= 11 is 1.65. The third-order valence-electron chi connectivity index (χ3n) is 3.47.